The van der Waals surface area contributed by atoms with Gasteiger partial charge in [0.25, 0.3) is 0 Å². The summed E-state index contributed by atoms with van der Waals surface area (Å²) >= 11 is 0. The average Bonchev–Trinajstić information content (AvgIpc) is 2.59. The molecule has 0 saturated carbocycles. The van der Waals surface area contributed by atoms with Crippen LogP contribution >= 0.6 is 0 Å². The molecule has 0 saturated heterocycles. The summed E-state index contributed by atoms with van der Waals surface area (Å²) in [5, 5.41) is 22.5. The van der Waals surface area contributed by atoms with Gasteiger partial charge in [0.05, 0.1) is 5.69 Å². The number of carboxylic acids is 1. The lowest BCUT2D eigenvalue weighted by atomic mass is 10.1. The Morgan fingerprint density at radius 2 is 2.27 bits per heavy atom. The van der Waals surface area contributed by atoms with Gasteiger partial charge in [-0.2, -0.15) is 0 Å². The fraction of sp³-hybridized carbons (Fsp3) is 0.200. The number of carbonyl (C=O) groups is 1. The number of aromatic nitrogens is 1. The lowest BCUT2D eigenvalue weighted by Gasteiger charge is -2.04. The number of para-hydroxylation sites is 1. The van der Waals surface area contributed by atoms with Gasteiger partial charge in [0.15, 0.2) is 11.7 Å². The molecule has 0 amide bonds. The third-order valence-electron chi connectivity index (χ3n) is 2.24. The second-order valence-electron chi connectivity index (χ2n) is 3.23. The molecule has 1 unspecified atom stereocenters. The van der Waals surface area contributed by atoms with Crippen LogP contribution < -0.4 is 0 Å². The van der Waals surface area contributed by atoms with Gasteiger partial charge in [0.1, 0.15) is 0 Å². The number of aliphatic hydroxyl groups is 1. The molecule has 2 rings (SSSR count). The molecule has 0 bridgehead atoms. The van der Waals surface area contributed by atoms with Gasteiger partial charge in [-0.1, -0.05) is 17.3 Å². The highest BCUT2D eigenvalue weighted by Crippen LogP contribution is 2.26. The van der Waals surface area contributed by atoms with Crippen molar-refractivity contribution in [2.45, 2.75) is 13.0 Å². The van der Waals surface area contributed by atoms with Gasteiger partial charge in [0, 0.05) is 10.9 Å². The molecule has 1 atom stereocenters. The molecule has 15 heavy (non-hydrogen) atoms. The minimum Gasteiger partial charge on any atom is -0.479 e. The Kier molecular flexibility index (Phi) is 2.17. The van der Waals surface area contributed by atoms with Crippen molar-refractivity contribution < 1.29 is 19.5 Å². The van der Waals surface area contributed by atoms with Gasteiger partial charge in [0.2, 0.25) is 0 Å². The highest BCUT2D eigenvalue weighted by Gasteiger charge is 2.21. The summed E-state index contributed by atoms with van der Waals surface area (Å²) in [7, 11) is 0. The van der Waals surface area contributed by atoms with Gasteiger partial charge in [-0.3, -0.25) is 0 Å². The van der Waals surface area contributed by atoms with E-state index < -0.39 is 12.1 Å². The maximum atomic E-state index is 10.6. The average molecular weight is 207 g/mol. The van der Waals surface area contributed by atoms with Crippen LogP contribution in [0.25, 0.3) is 11.0 Å². The summed E-state index contributed by atoms with van der Waals surface area (Å²) < 4.78 is 4.98. The van der Waals surface area contributed by atoms with E-state index in [-0.39, 0.29) is 5.56 Å². The van der Waals surface area contributed by atoms with Gasteiger partial charge in [-0.25, -0.2) is 4.79 Å². The SMILES string of the molecule is Cc1noc2c(C(O)C(=O)O)cccc12. The van der Waals surface area contributed by atoms with Crippen LogP contribution in [-0.2, 0) is 4.79 Å². The fourth-order valence-corrected chi connectivity index (χ4v) is 1.45. The molecule has 0 spiro atoms. The number of aliphatic hydroxyl groups excluding tert-OH is 1. The number of hydrogen-bond acceptors (Lipinski definition) is 4. The normalized spacial score (nSPS) is 12.9. The third-order valence-corrected chi connectivity index (χ3v) is 2.24. The second-order valence-corrected chi connectivity index (χ2v) is 3.23. The summed E-state index contributed by atoms with van der Waals surface area (Å²) in [6.07, 6.45) is -1.58. The molecule has 1 heterocycles. The number of rotatable bonds is 2. The zero-order chi connectivity index (χ0) is 11.0. The molecule has 0 fully saturated rings. The van der Waals surface area contributed by atoms with Crippen LogP contribution in [0, 0.1) is 6.92 Å². The zero-order valence-electron chi connectivity index (χ0n) is 7.97. The van der Waals surface area contributed by atoms with Gasteiger partial charge < -0.3 is 14.7 Å². The van der Waals surface area contributed by atoms with E-state index in [2.05, 4.69) is 5.16 Å². The Balaban J connectivity index is 2.66. The number of fused-ring (bicyclic) bond motifs is 1. The Hall–Kier alpha value is -1.88. The van der Waals surface area contributed by atoms with Crippen LogP contribution in [0.5, 0.6) is 0 Å². The van der Waals surface area contributed by atoms with Crippen molar-refractivity contribution in [3.05, 3.63) is 29.5 Å². The Morgan fingerprint density at radius 3 is 2.93 bits per heavy atom. The number of nitrogens with zero attached hydrogens (tertiary/aromatic N) is 1. The number of carboxylic acid groups (broad SMARTS) is 1. The number of aliphatic carboxylic acids is 1. The van der Waals surface area contributed by atoms with Crippen molar-refractivity contribution in [1.82, 2.24) is 5.16 Å². The van der Waals surface area contributed by atoms with E-state index in [1.807, 2.05) is 0 Å². The highest BCUT2D eigenvalue weighted by molar-refractivity contribution is 5.87. The van der Waals surface area contributed by atoms with E-state index in [9.17, 15) is 9.90 Å². The van der Waals surface area contributed by atoms with Gasteiger partial charge >= 0.3 is 5.97 Å². The van der Waals surface area contributed by atoms with Crippen LogP contribution in [-0.4, -0.2) is 21.3 Å². The maximum absolute atomic E-state index is 10.6. The quantitative estimate of drug-likeness (QED) is 0.774. The van der Waals surface area contributed by atoms with Crippen LogP contribution in [0.3, 0.4) is 0 Å². The highest BCUT2D eigenvalue weighted by atomic mass is 16.5. The largest absolute Gasteiger partial charge is 0.479 e. The molecule has 1 aromatic heterocycles. The predicted molar refractivity (Wildman–Crippen MR) is 51.3 cm³/mol. The number of hydrogen-bond donors (Lipinski definition) is 2. The molecule has 78 valence electrons. The molecule has 1 aromatic carbocycles. The summed E-state index contributed by atoms with van der Waals surface area (Å²) in [5.74, 6) is -1.31. The molecule has 0 radical (unpaired) electrons. The molecule has 2 aromatic rings. The smallest absolute Gasteiger partial charge is 0.337 e. The second kappa shape index (κ2) is 3.36. The minimum absolute atomic E-state index is 0.223. The zero-order valence-corrected chi connectivity index (χ0v) is 7.97. The first-order chi connectivity index (χ1) is 7.11. The molecule has 0 aliphatic carbocycles. The summed E-state index contributed by atoms with van der Waals surface area (Å²) in [6, 6.07) is 4.93. The third kappa shape index (κ3) is 1.46. The van der Waals surface area contributed by atoms with Gasteiger partial charge in [-0.15, -0.1) is 0 Å². The molecule has 0 aliphatic rings. The van der Waals surface area contributed by atoms with E-state index >= 15 is 0 Å². The molecule has 5 nitrogen and oxygen atoms in total. The Bertz CT molecular complexity index is 517. The topological polar surface area (TPSA) is 83.6 Å². The van der Waals surface area contributed by atoms with Crippen LogP contribution in [0.1, 0.15) is 17.4 Å². The number of aryl methyl sites for hydroxylation is 1. The van der Waals surface area contributed by atoms with E-state index in [4.69, 9.17) is 9.63 Å². The molecule has 0 aliphatic heterocycles. The van der Waals surface area contributed by atoms with E-state index in [0.717, 1.165) is 0 Å². The maximum Gasteiger partial charge on any atom is 0.337 e. The van der Waals surface area contributed by atoms with Crippen molar-refractivity contribution in [2.24, 2.45) is 0 Å². The van der Waals surface area contributed by atoms with Gasteiger partial charge in [-0.05, 0) is 13.0 Å². The van der Waals surface area contributed by atoms with Crippen LogP contribution in [0.2, 0.25) is 0 Å². The van der Waals surface area contributed by atoms with Crippen LogP contribution in [0.15, 0.2) is 22.7 Å². The van der Waals surface area contributed by atoms with E-state index in [1.54, 1.807) is 19.1 Å². The lowest BCUT2D eigenvalue weighted by Crippen LogP contribution is -2.10. The number of benzene rings is 1. The van der Waals surface area contributed by atoms with Crippen molar-refractivity contribution in [3.63, 3.8) is 0 Å². The van der Waals surface area contributed by atoms with Crippen molar-refractivity contribution in [2.75, 3.05) is 0 Å². The Labute approximate surface area is 84.9 Å². The first-order valence-corrected chi connectivity index (χ1v) is 4.37. The lowest BCUT2D eigenvalue weighted by molar-refractivity contribution is -0.146. The predicted octanol–water partition coefficient (Wildman–Crippen LogP) is 1.25. The van der Waals surface area contributed by atoms with Crippen molar-refractivity contribution in [3.8, 4) is 0 Å². The van der Waals surface area contributed by atoms with Crippen molar-refractivity contribution in [1.29, 1.82) is 0 Å². The standard InChI is InChI=1S/C10H9NO4/c1-5-6-3-2-4-7(8(12)10(13)14)9(6)15-11-5/h2-4,8,12H,1H3,(H,13,14). The fourth-order valence-electron chi connectivity index (χ4n) is 1.45. The summed E-state index contributed by atoms with van der Waals surface area (Å²) in [6.45, 7) is 1.75. The first kappa shape index (κ1) is 9.67. The summed E-state index contributed by atoms with van der Waals surface area (Å²) in [4.78, 5) is 10.6. The molecular weight excluding hydrogens is 198 g/mol. The van der Waals surface area contributed by atoms with Crippen molar-refractivity contribution >= 4 is 16.9 Å². The molecular formula is C10H9NO4. The van der Waals surface area contributed by atoms with E-state index in [1.165, 1.54) is 6.07 Å². The van der Waals surface area contributed by atoms with E-state index in [0.29, 0.717) is 16.7 Å². The van der Waals surface area contributed by atoms with Crippen LogP contribution in [0.4, 0.5) is 0 Å². The molecule has 2 N–H and O–H groups in total. The first-order valence-electron chi connectivity index (χ1n) is 4.37. The Morgan fingerprint density at radius 1 is 1.53 bits per heavy atom. The minimum atomic E-state index is -1.58. The summed E-state index contributed by atoms with van der Waals surface area (Å²) in [5.41, 5.74) is 1.22. The monoisotopic (exact) mass is 207 g/mol. The molecule has 5 heteroatoms.